The van der Waals surface area contributed by atoms with Crippen LogP contribution in [0.4, 0.5) is 5.82 Å². The summed E-state index contributed by atoms with van der Waals surface area (Å²) in [5.74, 6) is 1.87. The highest BCUT2D eigenvalue weighted by molar-refractivity contribution is 7.99. The number of Topliss-reactive ketones (excluding diaryl/α,β-unsaturated/α-hetero) is 1. The summed E-state index contributed by atoms with van der Waals surface area (Å²) in [6.45, 7) is 8.09. The predicted octanol–water partition coefficient (Wildman–Crippen LogP) is 4.11. The largest absolute Gasteiger partial charge is 0.383 e. The minimum absolute atomic E-state index is 0.198. The molecule has 1 unspecified atom stereocenters. The number of aromatic nitrogens is 2. The Morgan fingerprint density at radius 3 is 2.83 bits per heavy atom. The Bertz CT molecular complexity index is 761. The van der Waals surface area contributed by atoms with Gasteiger partial charge < -0.3 is 5.73 Å². The van der Waals surface area contributed by atoms with Gasteiger partial charge in [0.05, 0.1) is 11.1 Å². The average Bonchev–Trinajstić information content (AvgIpc) is 2.81. The summed E-state index contributed by atoms with van der Waals surface area (Å²) in [6, 6.07) is 0. The third-order valence-electron chi connectivity index (χ3n) is 4.33. The molecule has 4 nitrogen and oxygen atoms in total. The lowest BCUT2D eigenvalue weighted by atomic mass is 9.89. The van der Waals surface area contributed by atoms with Gasteiger partial charge in [-0.15, -0.1) is 11.3 Å². The van der Waals surface area contributed by atoms with Gasteiger partial charge in [0.25, 0.3) is 0 Å². The van der Waals surface area contributed by atoms with Gasteiger partial charge in [0, 0.05) is 10.3 Å². The molecular formula is C17H23N3OS2. The smallest absolute Gasteiger partial charge is 0.191 e. The number of nitrogens with two attached hydrogens (primary N) is 1. The molecule has 1 atom stereocenters. The minimum Gasteiger partial charge on any atom is -0.383 e. The summed E-state index contributed by atoms with van der Waals surface area (Å²) in [5.41, 5.74) is 7.23. The average molecular weight is 350 g/mol. The molecule has 3 rings (SSSR count). The van der Waals surface area contributed by atoms with Crippen LogP contribution in [0.25, 0.3) is 10.2 Å². The number of thiophene rings is 1. The summed E-state index contributed by atoms with van der Waals surface area (Å²) in [4.78, 5) is 23.6. The van der Waals surface area contributed by atoms with E-state index in [1.165, 1.54) is 28.6 Å². The van der Waals surface area contributed by atoms with Gasteiger partial charge in [0.15, 0.2) is 5.16 Å². The third-order valence-corrected chi connectivity index (χ3v) is 6.33. The molecule has 23 heavy (non-hydrogen) atoms. The monoisotopic (exact) mass is 349 g/mol. The van der Waals surface area contributed by atoms with E-state index in [-0.39, 0.29) is 11.2 Å². The van der Waals surface area contributed by atoms with E-state index < -0.39 is 0 Å². The molecule has 2 aromatic heterocycles. The molecule has 2 heterocycles. The molecule has 1 aliphatic carbocycles. The second-order valence-electron chi connectivity index (χ2n) is 7.39. The van der Waals surface area contributed by atoms with Crippen LogP contribution in [0, 0.1) is 11.3 Å². The summed E-state index contributed by atoms with van der Waals surface area (Å²) >= 11 is 3.13. The van der Waals surface area contributed by atoms with Crippen LogP contribution < -0.4 is 5.73 Å². The molecule has 6 heteroatoms. The van der Waals surface area contributed by atoms with Gasteiger partial charge in [-0.2, -0.15) is 0 Å². The Labute approximate surface area is 145 Å². The van der Waals surface area contributed by atoms with Crippen molar-refractivity contribution in [2.45, 2.75) is 52.1 Å². The normalized spacial score (nSPS) is 18.2. The van der Waals surface area contributed by atoms with E-state index in [2.05, 4.69) is 16.9 Å². The highest BCUT2D eigenvalue weighted by atomic mass is 32.2. The van der Waals surface area contributed by atoms with E-state index in [1.807, 2.05) is 20.8 Å². The quantitative estimate of drug-likeness (QED) is 0.667. The van der Waals surface area contributed by atoms with Crippen LogP contribution in [0.15, 0.2) is 5.16 Å². The van der Waals surface area contributed by atoms with Crippen molar-refractivity contribution < 1.29 is 4.79 Å². The molecule has 1 aliphatic rings. The first-order valence-corrected chi connectivity index (χ1v) is 9.79. The number of thioether (sulfide) groups is 1. The van der Waals surface area contributed by atoms with Gasteiger partial charge in [-0.05, 0) is 30.7 Å². The molecular weight excluding hydrogens is 326 g/mol. The number of aryl methyl sites for hydroxylation is 1. The van der Waals surface area contributed by atoms with Crippen LogP contribution in [-0.4, -0.2) is 21.5 Å². The summed E-state index contributed by atoms with van der Waals surface area (Å²) in [7, 11) is 0. The number of hydrogen-bond donors (Lipinski definition) is 1. The SMILES string of the molecule is CC1CCc2c(sc3nc(SCC(=O)C(C)(C)C)nc(N)c23)C1. The third kappa shape index (κ3) is 3.38. The zero-order chi connectivity index (χ0) is 16.8. The highest BCUT2D eigenvalue weighted by Gasteiger charge is 2.24. The highest BCUT2D eigenvalue weighted by Crippen LogP contribution is 2.40. The fourth-order valence-corrected chi connectivity index (χ4v) is 5.22. The number of nitrogens with zero attached hydrogens (tertiary/aromatic N) is 2. The van der Waals surface area contributed by atoms with Gasteiger partial charge in [-0.1, -0.05) is 39.5 Å². The van der Waals surface area contributed by atoms with Gasteiger partial charge in [0.2, 0.25) is 0 Å². The zero-order valence-electron chi connectivity index (χ0n) is 14.1. The maximum atomic E-state index is 12.1. The lowest BCUT2D eigenvalue weighted by Gasteiger charge is -2.17. The van der Waals surface area contributed by atoms with Crippen LogP contribution in [0.1, 0.15) is 44.6 Å². The Balaban J connectivity index is 1.88. The van der Waals surface area contributed by atoms with E-state index in [0.29, 0.717) is 16.7 Å². The number of ketones is 1. The lowest BCUT2D eigenvalue weighted by molar-refractivity contribution is -0.123. The van der Waals surface area contributed by atoms with E-state index in [4.69, 9.17) is 5.73 Å². The maximum Gasteiger partial charge on any atom is 0.191 e. The van der Waals surface area contributed by atoms with Crippen LogP contribution >= 0.6 is 23.1 Å². The van der Waals surface area contributed by atoms with Crippen LogP contribution in [0.3, 0.4) is 0 Å². The Morgan fingerprint density at radius 1 is 1.39 bits per heavy atom. The fraction of sp³-hybridized carbons (Fsp3) is 0.588. The van der Waals surface area contributed by atoms with E-state index in [1.54, 1.807) is 11.3 Å². The Morgan fingerprint density at radius 2 is 2.13 bits per heavy atom. The molecule has 0 radical (unpaired) electrons. The Kier molecular flexibility index (Phi) is 4.40. The number of anilines is 1. The number of carbonyl (C=O) groups is 1. The second-order valence-corrected chi connectivity index (χ2v) is 9.41. The van der Waals surface area contributed by atoms with Crippen molar-refractivity contribution in [3.8, 4) is 0 Å². The van der Waals surface area contributed by atoms with Crippen LogP contribution in [-0.2, 0) is 17.6 Å². The van der Waals surface area contributed by atoms with Gasteiger partial charge >= 0.3 is 0 Å². The van der Waals surface area contributed by atoms with E-state index >= 15 is 0 Å². The number of rotatable bonds is 3. The lowest BCUT2D eigenvalue weighted by Crippen LogP contribution is -2.22. The van der Waals surface area contributed by atoms with Crippen LogP contribution in [0.2, 0.25) is 0 Å². The minimum atomic E-state index is -0.333. The molecule has 0 saturated heterocycles. The molecule has 0 fully saturated rings. The zero-order valence-corrected chi connectivity index (χ0v) is 15.7. The molecule has 2 aromatic rings. The van der Waals surface area contributed by atoms with Crippen molar-refractivity contribution in [2.24, 2.45) is 11.3 Å². The molecule has 2 N–H and O–H groups in total. The molecule has 124 valence electrons. The first-order chi connectivity index (χ1) is 10.8. The molecule has 0 saturated carbocycles. The van der Waals surface area contributed by atoms with Crippen molar-refractivity contribution >= 4 is 44.9 Å². The van der Waals surface area contributed by atoms with Crippen molar-refractivity contribution in [2.75, 3.05) is 11.5 Å². The van der Waals surface area contributed by atoms with E-state index in [0.717, 1.165) is 29.0 Å². The standard InChI is InChI=1S/C17H23N3OS2/c1-9-5-6-10-11(7-9)23-15-13(10)14(18)19-16(20-15)22-8-12(21)17(2,3)4/h9H,5-8H2,1-4H3,(H2,18,19,20). The molecule has 0 aromatic carbocycles. The molecule has 0 bridgehead atoms. The maximum absolute atomic E-state index is 12.1. The van der Waals surface area contributed by atoms with Gasteiger partial charge in [-0.3, -0.25) is 4.79 Å². The first kappa shape index (κ1) is 16.7. The Hall–Kier alpha value is -1.14. The molecule has 0 amide bonds. The first-order valence-electron chi connectivity index (χ1n) is 7.99. The predicted molar refractivity (Wildman–Crippen MR) is 98.2 cm³/mol. The van der Waals surface area contributed by atoms with Gasteiger partial charge in [-0.25, -0.2) is 9.97 Å². The van der Waals surface area contributed by atoms with Crippen molar-refractivity contribution in [1.82, 2.24) is 9.97 Å². The summed E-state index contributed by atoms with van der Waals surface area (Å²) < 4.78 is 0. The number of hydrogen-bond acceptors (Lipinski definition) is 6. The number of fused-ring (bicyclic) bond motifs is 3. The van der Waals surface area contributed by atoms with Gasteiger partial charge in [0.1, 0.15) is 16.4 Å². The van der Waals surface area contributed by atoms with Crippen molar-refractivity contribution in [1.29, 1.82) is 0 Å². The fourth-order valence-electron chi connectivity index (χ4n) is 2.76. The second kappa shape index (κ2) is 6.06. The molecule has 0 aliphatic heterocycles. The molecule has 0 spiro atoms. The van der Waals surface area contributed by atoms with Crippen molar-refractivity contribution in [3.05, 3.63) is 10.4 Å². The number of nitrogen functional groups attached to an aromatic ring is 1. The summed E-state index contributed by atoms with van der Waals surface area (Å²) in [6.07, 6.45) is 3.38. The summed E-state index contributed by atoms with van der Waals surface area (Å²) in [5, 5.41) is 1.66. The topological polar surface area (TPSA) is 68.9 Å². The number of carbonyl (C=O) groups excluding carboxylic acids is 1. The van der Waals surface area contributed by atoms with Crippen LogP contribution in [0.5, 0.6) is 0 Å². The van der Waals surface area contributed by atoms with E-state index in [9.17, 15) is 4.79 Å². The van der Waals surface area contributed by atoms with Crippen molar-refractivity contribution in [3.63, 3.8) is 0 Å².